The topological polar surface area (TPSA) is 97.0 Å². The predicted octanol–water partition coefficient (Wildman–Crippen LogP) is 0.327. The Morgan fingerprint density at radius 2 is 2.19 bits per heavy atom. The molecule has 0 saturated carbocycles. The van der Waals surface area contributed by atoms with Gasteiger partial charge in [0.25, 0.3) is 0 Å². The van der Waals surface area contributed by atoms with Gasteiger partial charge in [0.1, 0.15) is 4.21 Å². The molecule has 7 nitrogen and oxygen atoms in total. The normalized spacial score (nSPS) is 17.2. The molecule has 2 heterocycles. The summed E-state index contributed by atoms with van der Waals surface area (Å²) in [6.45, 7) is 3.12. The van der Waals surface area contributed by atoms with Crippen LogP contribution in [-0.2, 0) is 14.8 Å². The van der Waals surface area contributed by atoms with Crippen molar-refractivity contribution in [2.24, 2.45) is 10.7 Å². The molecule has 0 aliphatic carbocycles. The second-order valence-corrected chi connectivity index (χ2v) is 8.00. The zero-order chi connectivity index (χ0) is 15.3. The van der Waals surface area contributed by atoms with Gasteiger partial charge in [-0.3, -0.25) is 4.99 Å². The number of nitrogens with zero attached hydrogens (tertiary/aromatic N) is 2. The maximum atomic E-state index is 11.9. The van der Waals surface area contributed by atoms with Crippen molar-refractivity contribution >= 4 is 38.9 Å². The quantitative estimate of drug-likeness (QED) is 0.452. The van der Waals surface area contributed by atoms with E-state index in [1.807, 2.05) is 4.90 Å². The molecule has 1 aromatic heterocycles. The monoisotopic (exact) mass is 352 g/mol. The lowest BCUT2D eigenvalue weighted by atomic mass is 10.4. The molecule has 0 amide bonds. The van der Waals surface area contributed by atoms with E-state index in [9.17, 15) is 8.42 Å². The molecule has 0 bridgehead atoms. The zero-order valence-electron chi connectivity index (χ0n) is 11.3. The summed E-state index contributed by atoms with van der Waals surface area (Å²) >= 11 is 6.74. The van der Waals surface area contributed by atoms with Crippen LogP contribution < -0.4 is 10.5 Å². The van der Waals surface area contributed by atoms with E-state index in [4.69, 9.17) is 22.1 Å². The molecule has 118 valence electrons. The Balaban J connectivity index is 1.81. The third kappa shape index (κ3) is 4.82. The van der Waals surface area contributed by atoms with Gasteiger partial charge in [-0.25, -0.2) is 13.1 Å². The molecule has 0 aromatic carbocycles. The minimum absolute atomic E-state index is 0.183. The standard InChI is InChI=1S/C11H17ClN4O3S2/c12-9-1-2-10(20-9)21(17,18)15-4-3-14-11(13)16-5-7-19-8-6-16/h1-2,15H,3-8H2,(H2,13,14). The summed E-state index contributed by atoms with van der Waals surface area (Å²) in [6, 6.07) is 3.02. The van der Waals surface area contributed by atoms with Crippen LogP contribution in [0.5, 0.6) is 0 Å². The molecule has 10 heteroatoms. The Morgan fingerprint density at radius 3 is 2.81 bits per heavy atom. The number of rotatable bonds is 5. The second-order valence-electron chi connectivity index (χ2n) is 4.30. The highest BCUT2D eigenvalue weighted by Gasteiger charge is 2.16. The Morgan fingerprint density at radius 1 is 1.48 bits per heavy atom. The summed E-state index contributed by atoms with van der Waals surface area (Å²) in [5, 5.41) is 0. The molecule has 2 rings (SSSR count). The number of sulfonamides is 1. The van der Waals surface area contributed by atoms with Gasteiger partial charge in [0, 0.05) is 19.6 Å². The van der Waals surface area contributed by atoms with Gasteiger partial charge in [0.05, 0.1) is 24.1 Å². The maximum absolute atomic E-state index is 11.9. The van der Waals surface area contributed by atoms with Crippen LogP contribution >= 0.6 is 22.9 Å². The lowest BCUT2D eigenvalue weighted by Crippen LogP contribution is -2.45. The third-order valence-corrected chi connectivity index (χ3v) is 6.01. The fourth-order valence-electron chi connectivity index (χ4n) is 1.76. The van der Waals surface area contributed by atoms with Crippen molar-refractivity contribution in [3.63, 3.8) is 0 Å². The molecular weight excluding hydrogens is 336 g/mol. The first-order valence-electron chi connectivity index (χ1n) is 6.36. The average molecular weight is 353 g/mol. The van der Waals surface area contributed by atoms with Crippen molar-refractivity contribution in [3.8, 4) is 0 Å². The molecule has 21 heavy (non-hydrogen) atoms. The molecular formula is C11H17ClN4O3S2. The van der Waals surface area contributed by atoms with E-state index in [0.29, 0.717) is 36.6 Å². The SMILES string of the molecule is NC(=NCCNS(=O)(=O)c1ccc(Cl)s1)N1CCOCC1. The second kappa shape index (κ2) is 7.41. The van der Waals surface area contributed by atoms with Crippen LogP contribution in [0.3, 0.4) is 0 Å². The fraction of sp³-hybridized carbons (Fsp3) is 0.545. The Hall–Kier alpha value is -0.870. The number of aliphatic imine (C=N–C) groups is 1. The molecule has 1 aromatic rings. The van der Waals surface area contributed by atoms with Crippen LogP contribution in [0, 0.1) is 0 Å². The number of nitrogens with one attached hydrogen (secondary N) is 1. The minimum atomic E-state index is -3.52. The molecule has 0 radical (unpaired) electrons. The maximum Gasteiger partial charge on any atom is 0.250 e. The Kier molecular flexibility index (Phi) is 5.82. The number of morpholine rings is 1. The lowest BCUT2D eigenvalue weighted by molar-refractivity contribution is 0.0674. The van der Waals surface area contributed by atoms with Gasteiger partial charge in [0.2, 0.25) is 10.0 Å². The van der Waals surface area contributed by atoms with Crippen molar-refractivity contribution in [1.82, 2.24) is 9.62 Å². The average Bonchev–Trinajstić information content (AvgIpc) is 2.92. The molecule has 3 N–H and O–H groups in total. The van der Waals surface area contributed by atoms with E-state index in [1.165, 1.54) is 6.07 Å². The summed E-state index contributed by atoms with van der Waals surface area (Å²) in [7, 11) is -3.52. The summed E-state index contributed by atoms with van der Waals surface area (Å²) in [5.41, 5.74) is 5.84. The van der Waals surface area contributed by atoms with Crippen LogP contribution in [0.15, 0.2) is 21.3 Å². The third-order valence-electron chi connectivity index (χ3n) is 2.83. The summed E-state index contributed by atoms with van der Waals surface area (Å²) < 4.78 is 32.2. The molecule has 0 atom stereocenters. The van der Waals surface area contributed by atoms with Crippen LogP contribution in [0.2, 0.25) is 4.34 Å². The predicted molar refractivity (Wildman–Crippen MR) is 83.4 cm³/mol. The fourth-order valence-corrected chi connectivity index (χ4v) is 4.30. The van der Waals surface area contributed by atoms with Crippen molar-refractivity contribution in [1.29, 1.82) is 0 Å². The largest absolute Gasteiger partial charge is 0.378 e. The van der Waals surface area contributed by atoms with Gasteiger partial charge < -0.3 is 15.4 Å². The highest BCUT2D eigenvalue weighted by molar-refractivity contribution is 7.91. The van der Waals surface area contributed by atoms with Gasteiger partial charge in [-0.1, -0.05) is 11.6 Å². The highest BCUT2D eigenvalue weighted by atomic mass is 35.5. The molecule has 1 aliphatic rings. The molecule has 0 spiro atoms. The highest BCUT2D eigenvalue weighted by Crippen LogP contribution is 2.25. The van der Waals surface area contributed by atoms with Crippen LogP contribution in [0.25, 0.3) is 0 Å². The van der Waals surface area contributed by atoms with E-state index in [-0.39, 0.29) is 17.3 Å². The smallest absolute Gasteiger partial charge is 0.250 e. The Labute approximate surface area is 132 Å². The van der Waals surface area contributed by atoms with E-state index in [1.54, 1.807) is 6.07 Å². The van der Waals surface area contributed by atoms with E-state index in [0.717, 1.165) is 11.3 Å². The van der Waals surface area contributed by atoms with E-state index in [2.05, 4.69) is 9.71 Å². The molecule has 1 fully saturated rings. The number of halogens is 1. The van der Waals surface area contributed by atoms with E-state index < -0.39 is 10.0 Å². The number of ether oxygens (including phenoxy) is 1. The van der Waals surface area contributed by atoms with Gasteiger partial charge in [-0.05, 0) is 12.1 Å². The lowest BCUT2D eigenvalue weighted by Gasteiger charge is -2.27. The van der Waals surface area contributed by atoms with Gasteiger partial charge >= 0.3 is 0 Å². The number of guanidine groups is 1. The molecule has 1 saturated heterocycles. The first-order valence-corrected chi connectivity index (χ1v) is 9.04. The van der Waals surface area contributed by atoms with Crippen LogP contribution in [0.4, 0.5) is 0 Å². The van der Waals surface area contributed by atoms with Gasteiger partial charge in [-0.15, -0.1) is 11.3 Å². The Bertz CT molecular complexity index is 596. The van der Waals surface area contributed by atoms with Crippen LogP contribution in [0.1, 0.15) is 0 Å². The first-order chi connectivity index (χ1) is 9.99. The zero-order valence-corrected chi connectivity index (χ0v) is 13.7. The minimum Gasteiger partial charge on any atom is -0.378 e. The molecule has 1 aliphatic heterocycles. The number of hydrogen-bond acceptors (Lipinski definition) is 5. The van der Waals surface area contributed by atoms with Crippen molar-refractivity contribution in [2.45, 2.75) is 4.21 Å². The summed E-state index contributed by atoms with van der Waals surface area (Å²) in [6.07, 6.45) is 0. The number of nitrogens with two attached hydrogens (primary N) is 1. The van der Waals surface area contributed by atoms with Crippen molar-refractivity contribution < 1.29 is 13.2 Å². The summed E-state index contributed by atoms with van der Waals surface area (Å²) in [5.74, 6) is 0.414. The van der Waals surface area contributed by atoms with Crippen LogP contribution in [-0.4, -0.2) is 58.7 Å². The summed E-state index contributed by atoms with van der Waals surface area (Å²) in [4.78, 5) is 6.08. The number of thiophene rings is 1. The first kappa shape index (κ1) is 16.5. The van der Waals surface area contributed by atoms with Crippen molar-refractivity contribution in [3.05, 3.63) is 16.5 Å². The van der Waals surface area contributed by atoms with E-state index >= 15 is 0 Å². The molecule has 0 unspecified atom stereocenters. The van der Waals surface area contributed by atoms with Crippen molar-refractivity contribution in [2.75, 3.05) is 39.4 Å². The number of hydrogen-bond donors (Lipinski definition) is 2. The van der Waals surface area contributed by atoms with Gasteiger partial charge in [0.15, 0.2) is 5.96 Å². The van der Waals surface area contributed by atoms with Gasteiger partial charge in [-0.2, -0.15) is 0 Å².